The third kappa shape index (κ3) is 3.90. The highest BCUT2D eigenvalue weighted by molar-refractivity contribution is 7.18. The molecule has 5 nitrogen and oxygen atoms in total. The van der Waals surface area contributed by atoms with Crippen molar-refractivity contribution in [2.24, 2.45) is 5.41 Å². The summed E-state index contributed by atoms with van der Waals surface area (Å²) >= 11 is 1.38. The molecule has 2 fully saturated rings. The van der Waals surface area contributed by atoms with Crippen molar-refractivity contribution >= 4 is 28.2 Å². The van der Waals surface area contributed by atoms with Gasteiger partial charge < -0.3 is 15.0 Å². The van der Waals surface area contributed by atoms with Crippen molar-refractivity contribution in [1.82, 2.24) is 4.90 Å². The summed E-state index contributed by atoms with van der Waals surface area (Å²) < 4.78 is 5.88. The molecule has 6 heteroatoms. The first kappa shape index (κ1) is 18.4. The largest absolute Gasteiger partial charge is 0.374 e. The van der Waals surface area contributed by atoms with Gasteiger partial charge in [-0.3, -0.25) is 9.59 Å². The van der Waals surface area contributed by atoms with Gasteiger partial charge in [-0.1, -0.05) is 33.6 Å². The Morgan fingerprint density at radius 2 is 2.00 bits per heavy atom. The maximum absolute atomic E-state index is 13.1. The number of carbonyl (C=O) groups excluding carboxylic acids is 2. The molecule has 1 aliphatic carbocycles. The first-order chi connectivity index (χ1) is 11.8. The molecule has 1 saturated carbocycles. The van der Waals surface area contributed by atoms with Crippen molar-refractivity contribution in [2.75, 3.05) is 18.5 Å². The SMILES string of the molecule is Cc1cc(NC(=O)C(C)(C)C)sc1C(=O)N1CCOC2CCCCC21. The van der Waals surface area contributed by atoms with E-state index in [1.54, 1.807) is 0 Å². The number of nitrogens with one attached hydrogen (secondary N) is 1. The molecule has 0 bridgehead atoms. The highest BCUT2D eigenvalue weighted by Gasteiger charge is 2.37. The minimum absolute atomic E-state index is 0.0357. The molecule has 138 valence electrons. The fourth-order valence-corrected chi connectivity index (χ4v) is 4.56. The molecule has 1 aliphatic heterocycles. The Bertz CT molecular complexity index is 660. The molecule has 2 amide bonds. The van der Waals surface area contributed by atoms with Gasteiger partial charge in [0, 0.05) is 12.0 Å². The monoisotopic (exact) mass is 364 g/mol. The second-order valence-electron chi connectivity index (χ2n) is 8.09. The van der Waals surface area contributed by atoms with Gasteiger partial charge in [0.05, 0.1) is 28.6 Å². The van der Waals surface area contributed by atoms with E-state index in [2.05, 4.69) is 5.32 Å². The lowest BCUT2D eigenvalue weighted by molar-refractivity contribution is -0.123. The maximum atomic E-state index is 13.1. The second kappa shape index (κ2) is 7.08. The van der Waals surface area contributed by atoms with Crippen LogP contribution in [-0.4, -0.2) is 42.0 Å². The van der Waals surface area contributed by atoms with Crippen LogP contribution >= 0.6 is 11.3 Å². The number of rotatable bonds is 2. The summed E-state index contributed by atoms with van der Waals surface area (Å²) in [6, 6.07) is 2.10. The van der Waals surface area contributed by atoms with Gasteiger partial charge in [0.25, 0.3) is 5.91 Å². The number of anilines is 1. The van der Waals surface area contributed by atoms with E-state index in [0.717, 1.165) is 34.7 Å². The highest BCUT2D eigenvalue weighted by Crippen LogP contribution is 2.33. The standard InChI is InChI=1S/C19H28N2O3S/c1-12-11-15(20-18(23)19(2,3)4)25-16(12)17(22)21-9-10-24-14-8-6-5-7-13(14)21/h11,13-14H,5-10H2,1-4H3,(H,20,23). The third-order valence-electron chi connectivity index (χ3n) is 5.02. The average molecular weight is 365 g/mol. The molecule has 25 heavy (non-hydrogen) atoms. The van der Waals surface area contributed by atoms with Crippen LogP contribution in [-0.2, 0) is 9.53 Å². The summed E-state index contributed by atoms with van der Waals surface area (Å²) in [4.78, 5) is 28.1. The zero-order valence-corrected chi connectivity index (χ0v) is 16.4. The number of thiophene rings is 1. The molecule has 1 aromatic heterocycles. The van der Waals surface area contributed by atoms with Crippen LogP contribution in [0.15, 0.2) is 6.07 Å². The number of hydrogen-bond acceptors (Lipinski definition) is 4. The maximum Gasteiger partial charge on any atom is 0.264 e. The van der Waals surface area contributed by atoms with E-state index in [0.29, 0.717) is 13.2 Å². The summed E-state index contributed by atoms with van der Waals surface area (Å²) in [6.07, 6.45) is 4.60. The molecule has 2 aliphatic rings. The molecule has 1 saturated heterocycles. The number of morpholine rings is 1. The molecule has 2 heterocycles. The van der Waals surface area contributed by atoms with E-state index in [1.807, 2.05) is 38.7 Å². The van der Waals surface area contributed by atoms with Crippen LogP contribution < -0.4 is 5.32 Å². The van der Waals surface area contributed by atoms with Gasteiger partial charge in [-0.05, 0) is 31.4 Å². The molecule has 3 rings (SSSR count). The van der Waals surface area contributed by atoms with Crippen molar-refractivity contribution in [1.29, 1.82) is 0 Å². The van der Waals surface area contributed by atoms with Crippen LogP contribution in [0.1, 0.15) is 61.7 Å². The van der Waals surface area contributed by atoms with Gasteiger partial charge in [0.15, 0.2) is 0 Å². The molecular weight excluding hydrogens is 336 g/mol. The van der Waals surface area contributed by atoms with Crippen LogP contribution in [0.25, 0.3) is 0 Å². The van der Waals surface area contributed by atoms with E-state index in [4.69, 9.17) is 4.74 Å². The lowest BCUT2D eigenvalue weighted by Crippen LogP contribution is -2.54. The van der Waals surface area contributed by atoms with E-state index < -0.39 is 5.41 Å². The van der Waals surface area contributed by atoms with Gasteiger partial charge >= 0.3 is 0 Å². The number of amides is 2. The minimum atomic E-state index is -0.457. The van der Waals surface area contributed by atoms with Crippen LogP contribution in [0.2, 0.25) is 0 Å². The predicted octanol–water partition coefficient (Wildman–Crippen LogP) is 3.82. The van der Waals surface area contributed by atoms with Crippen molar-refractivity contribution in [3.8, 4) is 0 Å². The number of ether oxygens (including phenoxy) is 1. The number of nitrogens with zero attached hydrogens (tertiary/aromatic N) is 1. The zero-order chi connectivity index (χ0) is 18.2. The summed E-state index contributed by atoms with van der Waals surface area (Å²) in [5.41, 5.74) is 0.472. The first-order valence-corrected chi connectivity index (χ1v) is 9.93. The van der Waals surface area contributed by atoms with Gasteiger partial charge in [-0.2, -0.15) is 0 Å². The molecule has 2 atom stereocenters. The number of hydrogen-bond donors (Lipinski definition) is 1. The van der Waals surface area contributed by atoms with E-state index in [-0.39, 0.29) is 24.0 Å². The summed E-state index contributed by atoms with van der Waals surface area (Å²) in [7, 11) is 0. The van der Waals surface area contributed by atoms with Gasteiger partial charge in [0.2, 0.25) is 5.91 Å². The Balaban J connectivity index is 1.77. The molecule has 0 aromatic carbocycles. The number of fused-ring (bicyclic) bond motifs is 1. The van der Waals surface area contributed by atoms with Crippen molar-refractivity contribution in [3.63, 3.8) is 0 Å². The van der Waals surface area contributed by atoms with Crippen molar-refractivity contribution in [3.05, 3.63) is 16.5 Å². The fourth-order valence-electron chi connectivity index (χ4n) is 3.53. The number of aryl methyl sites for hydroxylation is 1. The van der Waals surface area contributed by atoms with Crippen LogP contribution in [0.5, 0.6) is 0 Å². The van der Waals surface area contributed by atoms with Crippen LogP contribution in [0, 0.1) is 12.3 Å². The zero-order valence-electron chi connectivity index (χ0n) is 15.6. The molecule has 1 N–H and O–H groups in total. The van der Waals surface area contributed by atoms with E-state index in [1.165, 1.54) is 17.8 Å². The van der Waals surface area contributed by atoms with Crippen LogP contribution in [0.4, 0.5) is 5.00 Å². The highest BCUT2D eigenvalue weighted by atomic mass is 32.1. The lowest BCUT2D eigenvalue weighted by Gasteiger charge is -2.43. The Morgan fingerprint density at radius 3 is 2.72 bits per heavy atom. The summed E-state index contributed by atoms with van der Waals surface area (Å²) in [5.74, 6) is 0.0467. The van der Waals surface area contributed by atoms with Gasteiger partial charge in [-0.25, -0.2) is 0 Å². The second-order valence-corrected chi connectivity index (χ2v) is 9.14. The quantitative estimate of drug-likeness (QED) is 0.868. The van der Waals surface area contributed by atoms with Crippen molar-refractivity contribution in [2.45, 2.75) is 65.5 Å². The van der Waals surface area contributed by atoms with Crippen molar-refractivity contribution < 1.29 is 14.3 Å². The Kier molecular flexibility index (Phi) is 5.21. The van der Waals surface area contributed by atoms with Gasteiger partial charge in [-0.15, -0.1) is 11.3 Å². The summed E-state index contributed by atoms with van der Waals surface area (Å²) in [6.45, 7) is 8.85. The lowest BCUT2D eigenvalue weighted by atomic mass is 9.90. The van der Waals surface area contributed by atoms with Crippen LogP contribution in [0.3, 0.4) is 0 Å². The number of carbonyl (C=O) groups is 2. The molecule has 0 spiro atoms. The molecule has 2 unspecified atom stereocenters. The van der Waals surface area contributed by atoms with E-state index >= 15 is 0 Å². The van der Waals surface area contributed by atoms with Gasteiger partial charge in [0.1, 0.15) is 0 Å². The topological polar surface area (TPSA) is 58.6 Å². The normalized spacial score (nSPS) is 23.9. The average Bonchev–Trinajstić information content (AvgIpc) is 2.93. The first-order valence-electron chi connectivity index (χ1n) is 9.12. The fraction of sp³-hybridized carbons (Fsp3) is 0.684. The third-order valence-corrected chi connectivity index (χ3v) is 6.16. The predicted molar refractivity (Wildman–Crippen MR) is 100 cm³/mol. The van der Waals surface area contributed by atoms with E-state index in [9.17, 15) is 9.59 Å². The Hall–Kier alpha value is -1.40. The smallest absolute Gasteiger partial charge is 0.264 e. The minimum Gasteiger partial charge on any atom is -0.374 e. The Labute approximate surface area is 153 Å². The molecule has 1 aromatic rings. The Morgan fingerprint density at radius 1 is 1.28 bits per heavy atom. The molecule has 0 radical (unpaired) electrons. The molecular formula is C19H28N2O3S. The summed E-state index contributed by atoms with van der Waals surface area (Å²) in [5, 5.41) is 3.69.